The van der Waals surface area contributed by atoms with Crippen LogP contribution in [0.15, 0.2) is 48.5 Å². The van der Waals surface area contributed by atoms with Gasteiger partial charge in [-0.1, -0.05) is 13.3 Å². The second-order valence-corrected chi connectivity index (χ2v) is 6.06. The number of benzene rings is 2. The lowest BCUT2D eigenvalue weighted by Crippen LogP contribution is -2.38. The Hall–Kier alpha value is -3.09. The van der Waals surface area contributed by atoms with E-state index in [0.717, 1.165) is 12.8 Å². The Balaban J connectivity index is 1.63. The third kappa shape index (κ3) is 7.65. The first-order valence-electron chi connectivity index (χ1n) is 9.24. The highest BCUT2D eigenvalue weighted by atomic mass is 19.1. The molecule has 0 saturated heterocycles. The van der Waals surface area contributed by atoms with Crippen molar-refractivity contribution in [3.63, 3.8) is 0 Å². The van der Waals surface area contributed by atoms with E-state index in [4.69, 9.17) is 9.47 Å². The van der Waals surface area contributed by atoms with Crippen LogP contribution >= 0.6 is 0 Å². The number of unbranched alkanes of at least 4 members (excludes halogenated alkanes) is 1. The monoisotopic (exact) mass is 388 g/mol. The predicted molar refractivity (Wildman–Crippen MR) is 104 cm³/mol. The van der Waals surface area contributed by atoms with Crippen LogP contribution in [0.1, 0.15) is 30.1 Å². The van der Waals surface area contributed by atoms with Gasteiger partial charge in [0.15, 0.2) is 0 Å². The molecule has 2 aromatic rings. The number of hydrogen-bond acceptors (Lipinski definition) is 4. The van der Waals surface area contributed by atoms with Crippen molar-refractivity contribution < 1.29 is 23.5 Å². The van der Waals surface area contributed by atoms with E-state index < -0.39 is 0 Å². The van der Waals surface area contributed by atoms with E-state index in [2.05, 4.69) is 17.6 Å². The van der Waals surface area contributed by atoms with Gasteiger partial charge in [-0.15, -0.1) is 0 Å². The molecule has 0 spiro atoms. The quantitative estimate of drug-likeness (QED) is 0.581. The average Bonchev–Trinajstić information content (AvgIpc) is 2.71. The number of carbonyl (C=O) groups excluding carboxylic acids is 2. The molecule has 0 fully saturated rings. The molecule has 0 atom stereocenters. The van der Waals surface area contributed by atoms with Crippen LogP contribution in [-0.4, -0.2) is 38.1 Å². The maximum Gasteiger partial charge on any atom is 0.251 e. The van der Waals surface area contributed by atoms with Crippen LogP contribution in [0.5, 0.6) is 11.5 Å². The van der Waals surface area contributed by atoms with Gasteiger partial charge in [0.1, 0.15) is 23.9 Å². The summed E-state index contributed by atoms with van der Waals surface area (Å²) in [5.74, 6) is 0.235. The number of hydrogen-bond donors (Lipinski definition) is 2. The van der Waals surface area contributed by atoms with Crippen molar-refractivity contribution in [2.24, 2.45) is 0 Å². The Morgan fingerprint density at radius 1 is 0.893 bits per heavy atom. The maximum atomic E-state index is 12.8. The number of carbonyl (C=O) groups is 2. The van der Waals surface area contributed by atoms with Crippen molar-refractivity contribution in [2.45, 2.75) is 19.8 Å². The predicted octanol–water partition coefficient (Wildman–Crippen LogP) is 2.93. The second kappa shape index (κ2) is 11.6. The molecule has 2 aromatic carbocycles. The van der Waals surface area contributed by atoms with Crippen molar-refractivity contribution in [1.29, 1.82) is 0 Å². The second-order valence-electron chi connectivity index (χ2n) is 6.06. The topological polar surface area (TPSA) is 76.7 Å². The van der Waals surface area contributed by atoms with E-state index in [1.165, 1.54) is 24.3 Å². The highest BCUT2D eigenvalue weighted by molar-refractivity contribution is 5.96. The van der Waals surface area contributed by atoms with Crippen LogP contribution in [-0.2, 0) is 4.79 Å². The van der Waals surface area contributed by atoms with E-state index >= 15 is 0 Å². The summed E-state index contributed by atoms with van der Waals surface area (Å²) < 4.78 is 23.7. The Bertz CT molecular complexity index is 748. The van der Waals surface area contributed by atoms with Gasteiger partial charge in [0.25, 0.3) is 5.91 Å². The maximum absolute atomic E-state index is 12.8. The zero-order valence-electron chi connectivity index (χ0n) is 15.9. The van der Waals surface area contributed by atoms with Gasteiger partial charge in [-0.2, -0.15) is 0 Å². The lowest BCUT2D eigenvalue weighted by molar-refractivity contribution is -0.120. The van der Waals surface area contributed by atoms with Crippen molar-refractivity contribution in [1.82, 2.24) is 10.6 Å². The highest BCUT2D eigenvalue weighted by Gasteiger charge is 2.08. The molecular weight excluding hydrogens is 363 g/mol. The summed E-state index contributed by atoms with van der Waals surface area (Å²) in [6.07, 6.45) is 2.03. The molecule has 0 aliphatic heterocycles. The Labute approximate surface area is 164 Å². The summed E-state index contributed by atoms with van der Waals surface area (Å²) >= 11 is 0. The van der Waals surface area contributed by atoms with Gasteiger partial charge in [-0.3, -0.25) is 9.59 Å². The molecule has 6 nitrogen and oxygen atoms in total. The number of amides is 2. The highest BCUT2D eigenvalue weighted by Crippen LogP contribution is 2.13. The minimum atomic E-state index is -0.338. The summed E-state index contributed by atoms with van der Waals surface area (Å²) in [5, 5.41) is 5.20. The standard InChI is InChI=1S/C21H25FN2O4/c1-2-3-13-27-18-8-4-16(5-9-18)21(26)24-15-20(25)23-12-14-28-19-10-6-17(22)7-11-19/h4-11H,2-3,12-15H2,1H3,(H,23,25)(H,24,26). The average molecular weight is 388 g/mol. The fraction of sp³-hybridized carbons (Fsp3) is 0.333. The van der Waals surface area contributed by atoms with Gasteiger partial charge in [0.05, 0.1) is 19.7 Å². The third-order valence-electron chi connectivity index (χ3n) is 3.80. The van der Waals surface area contributed by atoms with Crippen LogP contribution in [0.2, 0.25) is 0 Å². The van der Waals surface area contributed by atoms with Crippen LogP contribution in [0, 0.1) is 5.82 Å². The molecule has 0 aliphatic carbocycles. The SMILES string of the molecule is CCCCOc1ccc(C(=O)NCC(=O)NCCOc2ccc(F)cc2)cc1. The zero-order valence-corrected chi connectivity index (χ0v) is 15.9. The minimum absolute atomic E-state index is 0.135. The minimum Gasteiger partial charge on any atom is -0.494 e. The molecule has 2 amide bonds. The van der Waals surface area contributed by atoms with Crippen molar-refractivity contribution in [2.75, 3.05) is 26.3 Å². The molecule has 2 N–H and O–H groups in total. The van der Waals surface area contributed by atoms with Crippen LogP contribution in [0.4, 0.5) is 4.39 Å². The lowest BCUT2D eigenvalue weighted by atomic mass is 10.2. The summed E-state index contributed by atoms with van der Waals surface area (Å²) in [5.41, 5.74) is 0.454. The smallest absolute Gasteiger partial charge is 0.251 e. The normalized spacial score (nSPS) is 10.2. The molecule has 0 bridgehead atoms. The van der Waals surface area contributed by atoms with E-state index in [0.29, 0.717) is 23.7 Å². The van der Waals surface area contributed by atoms with Crippen molar-refractivity contribution in [3.8, 4) is 11.5 Å². The summed E-state index contributed by atoms with van der Waals surface area (Å²) in [7, 11) is 0. The van der Waals surface area contributed by atoms with E-state index in [1.807, 2.05) is 0 Å². The molecule has 0 saturated carbocycles. The largest absolute Gasteiger partial charge is 0.494 e. The van der Waals surface area contributed by atoms with Crippen molar-refractivity contribution in [3.05, 3.63) is 59.9 Å². The molecule has 0 aromatic heterocycles. The summed E-state index contributed by atoms with van der Waals surface area (Å²) in [6.45, 7) is 3.11. The van der Waals surface area contributed by atoms with Crippen LogP contribution < -0.4 is 20.1 Å². The van der Waals surface area contributed by atoms with Crippen LogP contribution in [0.3, 0.4) is 0 Å². The Morgan fingerprint density at radius 2 is 1.50 bits per heavy atom. The van der Waals surface area contributed by atoms with Gasteiger partial charge in [0, 0.05) is 5.56 Å². The van der Waals surface area contributed by atoms with E-state index in [-0.39, 0.29) is 37.3 Å². The Kier molecular flexibility index (Phi) is 8.78. The van der Waals surface area contributed by atoms with Gasteiger partial charge in [-0.05, 0) is 55.0 Å². The summed E-state index contributed by atoms with van der Waals surface area (Å²) in [4.78, 5) is 23.9. The molecule has 0 heterocycles. The number of halogens is 1. The lowest BCUT2D eigenvalue weighted by Gasteiger charge is -2.09. The molecule has 28 heavy (non-hydrogen) atoms. The van der Waals surface area contributed by atoms with Crippen LogP contribution in [0.25, 0.3) is 0 Å². The molecule has 150 valence electrons. The van der Waals surface area contributed by atoms with Gasteiger partial charge in [0.2, 0.25) is 5.91 Å². The Morgan fingerprint density at radius 3 is 2.14 bits per heavy atom. The first kappa shape index (κ1) is 21.2. The third-order valence-corrected chi connectivity index (χ3v) is 3.80. The van der Waals surface area contributed by atoms with Gasteiger partial charge < -0.3 is 20.1 Å². The molecule has 0 aliphatic rings. The van der Waals surface area contributed by atoms with E-state index in [1.54, 1.807) is 24.3 Å². The first-order valence-corrected chi connectivity index (χ1v) is 9.24. The fourth-order valence-corrected chi connectivity index (χ4v) is 2.25. The molecule has 0 unspecified atom stereocenters. The molecule has 0 radical (unpaired) electrons. The molecular formula is C21H25FN2O4. The number of ether oxygens (including phenoxy) is 2. The number of rotatable bonds is 11. The number of nitrogens with one attached hydrogen (secondary N) is 2. The van der Waals surface area contributed by atoms with E-state index in [9.17, 15) is 14.0 Å². The van der Waals surface area contributed by atoms with Crippen molar-refractivity contribution >= 4 is 11.8 Å². The summed E-state index contributed by atoms with van der Waals surface area (Å²) in [6, 6.07) is 12.4. The fourth-order valence-electron chi connectivity index (χ4n) is 2.25. The first-order chi connectivity index (χ1) is 13.6. The molecule has 7 heteroatoms. The molecule has 2 rings (SSSR count). The zero-order chi connectivity index (χ0) is 20.2. The van der Waals surface area contributed by atoms with Gasteiger partial charge >= 0.3 is 0 Å². The van der Waals surface area contributed by atoms with Gasteiger partial charge in [-0.25, -0.2) is 4.39 Å².